The van der Waals surface area contributed by atoms with Crippen molar-refractivity contribution in [3.8, 4) is 11.5 Å². The van der Waals surface area contributed by atoms with Gasteiger partial charge >= 0.3 is 5.97 Å². The highest BCUT2D eigenvalue weighted by Crippen LogP contribution is 2.32. The molecule has 0 aliphatic rings. The zero-order valence-electron chi connectivity index (χ0n) is 10.7. The largest absolute Gasteiger partial charge is 0.497 e. The number of ether oxygens (including phenoxy) is 2. The fourth-order valence-electron chi connectivity index (χ4n) is 1.72. The third-order valence-electron chi connectivity index (χ3n) is 2.71. The molecule has 0 spiro atoms. The number of carboxylic acid groups (broad SMARTS) is 1. The zero-order valence-corrected chi connectivity index (χ0v) is 11.5. The van der Waals surface area contributed by atoms with Crippen molar-refractivity contribution in [1.82, 2.24) is 0 Å². The van der Waals surface area contributed by atoms with Gasteiger partial charge in [-0.15, -0.1) is 0 Å². The van der Waals surface area contributed by atoms with Crippen molar-refractivity contribution < 1.29 is 19.4 Å². The van der Waals surface area contributed by atoms with Gasteiger partial charge in [0.2, 0.25) is 6.10 Å². The first kappa shape index (κ1) is 14.2. The van der Waals surface area contributed by atoms with Gasteiger partial charge in [0, 0.05) is 11.6 Å². The van der Waals surface area contributed by atoms with Crippen molar-refractivity contribution in [2.24, 2.45) is 0 Å². The molecule has 2 aromatic rings. The van der Waals surface area contributed by atoms with Crippen LogP contribution in [0.25, 0.3) is 0 Å². The van der Waals surface area contributed by atoms with Crippen LogP contribution in [0, 0.1) is 0 Å². The van der Waals surface area contributed by atoms with E-state index in [9.17, 15) is 9.90 Å². The Kier molecular flexibility index (Phi) is 4.48. The van der Waals surface area contributed by atoms with Crippen LogP contribution in [0.4, 0.5) is 0 Å². The highest BCUT2D eigenvalue weighted by Gasteiger charge is 2.22. The van der Waals surface area contributed by atoms with Crippen LogP contribution in [0.1, 0.15) is 11.7 Å². The van der Waals surface area contributed by atoms with E-state index < -0.39 is 12.1 Å². The standard InChI is InChI=1S/C15H13ClO4/c1-19-11-7-8-13(12(16)9-11)20-14(15(17)18)10-5-3-2-4-6-10/h2-9,14H,1H3,(H,17,18). The van der Waals surface area contributed by atoms with E-state index in [2.05, 4.69) is 0 Å². The lowest BCUT2D eigenvalue weighted by Crippen LogP contribution is -2.18. The maximum absolute atomic E-state index is 11.3. The molecule has 0 aliphatic carbocycles. The van der Waals surface area contributed by atoms with Gasteiger partial charge in [-0.2, -0.15) is 0 Å². The molecule has 20 heavy (non-hydrogen) atoms. The number of halogens is 1. The van der Waals surface area contributed by atoms with Gasteiger partial charge in [0.25, 0.3) is 0 Å². The van der Waals surface area contributed by atoms with E-state index >= 15 is 0 Å². The van der Waals surface area contributed by atoms with Gasteiger partial charge in [0.05, 0.1) is 12.1 Å². The number of hydrogen-bond acceptors (Lipinski definition) is 3. The summed E-state index contributed by atoms with van der Waals surface area (Å²) < 4.78 is 10.5. The lowest BCUT2D eigenvalue weighted by molar-refractivity contribution is -0.145. The van der Waals surface area contributed by atoms with Gasteiger partial charge in [0.15, 0.2) is 0 Å². The zero-order chi connectivity index (χ0) is 14.5. The molecular formula is C15H13ClO4. The smallest absolute Gasteiger partial charge is 0.349 e. The Balaban J connectivity index is 2.28. The second-order valence-corrected chi connectivity index (χ2v) is 4.45. The van der Waals surface area contributed by atoms with Gasteiger partial charge in [-0.25, -0.2) is 4.79 Å². The average Bonchev–Trinajstić information content (AvgIpc) is 2.46. The maximum atomic E-state index is 11.3. The van der Waals surface area contributed by atoms with Crippen LogP contribution < -0.4 is 9.47 Å². The summed E-state index contributed by atoms with van der Waals surface area (Å²) in [5.74, 6) is -0.208. The Labute approximate surface area is 121 Å². The second-order valence-electron chi connectivity index (χ2n) is 4.04. The monoisotopic (exact) mass is 292 g/mol. The van der Waals surface area contributed by atoms with Crippen LogP contribution in [0.3, 0.4) is 0 Å². The lowest BCUT2D eigenvalue weighted by atomic mass is 10.1. The fraction of sp³-hybridized carbons (Fsp3) is 0.133. The van der Waals surface area contributed by atoms with Crippen LogP contribution in [0.2, 0.25) is 5.02 Å². The van der Waals surface area contributed by atoms with Crippen molar-refractivity contribution in [3.05, 3.63) is 59.1 Å². The molecule has 0 radical (unpaired) electrons. The minimum absolute atomic E-state index is 0.295. The molecule has 1 atom stereocenters. The molecular weight excluding hydrogens is 280 g/mol. The van der Waals surface area contributed by atoms with Crippen LogP contribution in [0.5, 0.6) is 11.5 Å². The molecule has 0 heterocycles. The van der Waals surface area contributed by atoms with Crippen molar-refractivity contribution in [3.63, 3.8) is 0 Å². The Morgan fingerprint density at radius 3 is 2.45 bits per heavy atom. The molecule has 0 saturated heterocycles. The summed E-state index contributed by atoms with van der Waals surface area (Å²) >= 11 is 6.05. The number of benzene rings is 2. The van der Waals surface area contributed by atoms with Crippen molar-refractivity contribution >= 4 is 17.6 Å². The number of carbonyl (C=O) groups is 1. The van der Waals surface area contributed by atoms with Crippen LogP contribution in [0.15, 0.2) is 48.5 Å². The van der Waals surface area contributed by atoms with Crippen molar-refractivity contribution in [1.29, 1.82) is 0 Å². The van der Waals surface area contributed by atoms with E-state index in [4.69, 9.17) is 21.1 Å². The van der Waals surface area contributed by atoms with Gasteiger partial charge in [0.1, 0.15) is 11.5 Å². The predicted octanol–water partition coefficient (Wildman–Crippen LogP) is 3.55. The summed E-state index contributed by atoms with van der Waals surface area (Å²) in [7, 11) is 1.52. The third kappa shape index (κ3) is 3.22. The van der Waals surface area contributed by atoms with E-state index in [1.165, 1.54) is 7.11 Å². The highest BCUT2D eigenvalue weighted by molar-refractivity contribution is 6.32. The quantitative estimate of drug-likeness (QED) is 0.915. The number of methoxy groups -OCH3 is 1. The number of carboxylic acids is 1. The van der Waals surface area contributed by atoms with Gasteiger partial charge in [-0.1, -0.05) is 41.9 Å². The topological polar surface area (TPSA) is 55.8 Å². The number of aliphatic carboxylic acids is 1. The van der Waals surface area contributed by atoms with E-state index in [1.54, 1.807) is 42.5 Å². The first-order chi connectivity index (χ1) is 9.61. The van der Waals surface area contributed by atoms with Crippen molar-refractivity contribution in [2.75, 3.05) is 7.11 Å². The Morgan fingerprint density at radius 2 is 1.90 bits per heavy atom. The molecule has 1 unspecified atom stereocenters. The minimum Gasteiger partial charge on any atom is -0.497 e. The summed E-state index contributed by atoms with van der Waals surface area (Å²) in [6, 6.07) is 13.5. The van der Waals surface area contributed by atoms with E-state index in [0.717, 1.165) is 0 Å². The van der Waals surface area contributed by atoms with Crippen LogP contribution >= 0.6 is 11.6 Å². The van der Waals surface area contributed by atoms with Crippen LogP contribution in [-0.4, -0.2) is 18.2 Å². The molecule has 5 heteroatoms. The minimum atomic E-state index is -1.11. The molecule has 0 aromatic heterocycles. The third-order valence-corrected chi connectivity index (χ3v) is 3.01. The summed E-state index contributed by atoms with van der Waals surface area (Å²) in [6.07, 6.45) is -1.11. The lowest BCUT2D eigenvalue weighted by Gasteiger charge is -2.16. The highest BCUT2D eigenvalue weighted by atomic mass is 35.5. The molecule has 104 valence electrons. The Hall–Kier alpha value is -2.20. The normalized spacial score (nSPS) is 11.7. The SMILES string of the molecule is COc1ccc(OC(C(=O)O)c2ccccc2)c(Cl)c1. The number of hydrogen-bond donors (Lipinski definition) is 1. The van der Waals surface area contributed by atoms with Gasteiger partial charge in [-0.05, 0) is 12.1 Å². The van der Waals surface area contributed by atoms with Gasteiger partial charge in [-0.3, -0.25) is 0 Å². The van der Waals surface area contributed by atoms with E-state index in [-0.39, 0.29) is 0 Å². The summed E-state index contributed by atoms with van der Waals surface area (Å²) in [5, 5.41) is 9.58. The molecule has 2 rings (SSSR count). The second kappa shape index (κ2) is 6.30. The predicted molar refractivity (Wildman–Crippen MR) is 75.5 cm³/mol. The maximum Gasteiger partial charge on any atom is 0.349 e. The molecule has 0 bridgehead atoms. The summed E-state index contributed by atoms with van der Waals surface area (Å²) in [5.41, 5.74) is 0.548. The van der Waals surface area contributed by atoms with Gasteiger partial charge < -0.3 is 14.6 Å². The molecule has 0 fully saturated rings. The van der Waals surface area contributed by atoms with E-state index in [1.807, 2.05) is 6.07 Å². The average molecular weight is 293 g/mol. The molecule has 4 nitrogen and oxygen atoms in total. The Bertz CT molecular complexity index is 598. The molecule has 0 aliphatic heterocycles. The van der Waals surface area contributed by atoms with E-state index in [0.29, 0.717) is 22.1 Å². The molecule has 2 aromatic carbocycles. The molecule has 0 saturated carbocycles. The summed E-state index contributed by atoms with van der Waals surface area (Å²) in [4.78, 5) is 11.3. The fourth-order valence-corrected chi connectivity index (χ4v) is 1.94. The molecule has 0 amide bonds. The Morgan fingerprint density at radius 1 is 1.20 bits per heavy atom. The summed E-state index contributed by atoms with van der Waals surface area (Å²) in [6.45, 7) is 0. The first-order valence-corrected chi connectivity index (χ1v) is 6.27. The van der Waals surface area contributed by atoms with Crippen LogP contribution in [-0.2, 0) is 4.79 Å². The number of rotatable bonds is 5. The molecule has 1 N–H and O–H groups in total. The van der Waals surface area contributed by atoms with Crippen molar-refractivity contribution in [2.45, 2.75) is 6.10 Å². The first-order valence-electron chi connectivity index (χ1n) is 5.89.